The van der Waals surface area contributed by atoms with Gasteiger partial charge in [-0.1, -0.05) is 41.5 Å². The molecule has 0 saturated carbocycles. The second-order valence-corrected chi connectivity index (χ2v) is 4.83. The molecule has 6 N–H and O–H groups in total. The van der Waals surface area contributed by atoms with E-state index < -0.39 is 0 Å². The molecule has 0 saturated heterocycles. The first kappa shape index (κ1) is 23.9. The topological polar surface area (TPSA) is 110 Å². The Balaban J connectivity index is -0.000000257. The predicted octanol–water partition coefficient (Wildman–Crippen LogP) is 0.458. The summed E-state index contributed by atoms with van der Waals surface area (Å²) < 4.78 is 0. The van der Waals surface area contributed by atoms with Crippen LogP contribution in [-0.4, -0.2) is 38.0 Å². The molecule has 0 rings (SSSR count). The van der Waals surface area contributed by atoms with Gasteiger partial charge in [0, 0.05) is 0 Å². The van der Waals surface area contributed by atoms with Crippen molar-refractivity contribution in [2.24, 2.45) is 23.3 Å². The average Bonchev–Trinajstić information content (AvgIpc) is 2.31. The zero-order valence-electron chi connectivity index (χ0n) is 14.3. The number of carbonyl (C=O) groups excluding carboxylic acids is 2. The van der Waals surface area contributed by atoms with Crippen molar-refractivity contribution >= 4 is 11.8 Å². The number of likely N-dealkylation sites (N-methyl/N-ethyl adjacent to an activating group) is 2. The van der Waals surface area contributed by atoms with Crippen LogP contribution in [0.3, 0.4) is 0 Å². The first-order valence-electron chi connectivity index (χ1n) is 7.12. The van der Waals surface area contributed by atoms with Crippen LogP contribution in [0, 0.1) is 11.8 Å². The number of primary amides is 2. The SMILES string of the molecule is CC.CNC(C(N)=O)C(C)C.CNC(C(N)=O)C(C)C. The van der Waals surface area contributed by atoms with Gasteiger partial charge in [0.05, 0.1) is 12.1 Å². The summed E-state index contributed by atoms with van der Waals surface area (Å²) in [5, 5.41) is 5.65. The molecule has 0 aromatic heterocycles. The van der Waals surface area contributed by atoms with E-state index in [1.54, 1.807) is 14.1 Å². The molecule has 0 fully saturated rings. The lowest BCUT2D eigenvalue weighted by atomic mass is 10.0. The highest BCUT2D eigenvalue weighted by atomic mass is 16.1. The zero-order valence-corrected chi connectivity index (χ0v) is 14.3. The van der Waals surface area contributed by atoms with Crippen LogP contribution in [0.1, 0.15) is 41.5 Å². The van der Waals surface area contributed by atoms with Crippen molar-refractivity contribution in [1.82, 2.24) is 10.6 Å². The van der Waals surface area contributed by atoms with Crippen molar-refractivity contribution in [1.29, 1.82) is 0 Å². The first-order chi connectivity index (χ1) is 9.18. The molecule has 6 heteroatoms. The second kappa shape index (κ2) is 14.3. The quantitative estimate of drug-likeness (QED) is 0.569. The van der Waals surface area contributed by atoms with Crippen LogP contribution in [0.2, 0.25) is 0 Å². The molecule has 2 unspecified atom stereocenters. The Labute approximate surface area is 124 Å². The number of nitrogens with one attached hydrogen (secondary N) is 2. The summed E-state index contributed by atoms with van der Waals surface area (Å²) >= 11 is 0. The molecule has 0 spiro atoms. The molecule has 0 radical (unpaired) electrons. The van der Waals surface area contributed by atoms with Gasteiger partial charge in [0.25, 0.3) is 0 Å². The van der Waals surface area contributed by atoms with Gasteiger partial charge in [-0.15, -0.1) is 0 Å². The molecular formula is C14H34N4O2. The summed E-state index contributed by atoms with van der Waals surface area (Å²) in [6.45, 7) is 11.8. The lowest BCUT2D eigenvalue weighted by Gasteiger charge is -2.14. The van der Waals surface area contributed by atoms with Crippen LogP contribution in [-0.2, 0) is 9.59 Å². The van der Waals surface area contributed by atoms with E-state index in [0.29, 0.717) is 0 Å². The van der Waals surface area contributed by atoms with Gasteiger partial charge < -0.3 is 22.1 Å². The molecule has 2 atom stereocenters. The standard InChI is InChI=1S/2C6H14N2O.C2H6/c2*1-4(2)5(8-3)6(7)9;1-2/h2*4-5,8H,1-3H3,(H2,7,9);1-2H3. The Morgan fingerprint density at radius 2 is 0.950 bits per heavy atom. The minimum absolute atomic E-state index is 0.190. The van der Waals surface area contributed by atoms with Crippen LogP contribution >= 0.6 is 0 Å². The fraction of sp³-hybridized carbons (Fsp3) is 0.857. The van der Waals surface area contributed by atoms with E-state index >= 15 is 0 Å². The van der Waals surface area contributed by atoms with Gasteiger partial charge in [-0.05, 0) is 25.9 Å². The molecule has 0 bridgehead atoms. The van der Waals surface area contributed by atoms with E-state index in [4.69, 9.17) is 11.5 Å². The summed E-state index contributed by atoms with van der Waals surface area (Å²) in [5.74, 6) is -0.0278. The van der Waals surface area contributed by atoms with E-state index in [0.717, 1.165) is 0 Å². The summed E-state index contributed by atoms with van der Waals surface area (Å²) in [5.41, 5.74) is 10.1. The number of rotatable bonds is 6. The summed E-state index contributed by atoms with van der Waals surface area (Å²) in [6, 6.07) is -0.380. The number of hydrogen-bond donors (Lipinski definition) is 4. The van der Waals surface area contributed by atoms with E-state index in [9.17, 15) is 9.59 Å². The van der Waals surface area contributed by atoms with Crippen molar-refractivity contribution in [2.75, 3.05) is 14.1 Å². The highest BCUT2D eigenvalue weighted by molar-refractivity contribution is 5.80. The minimum atomic E-state index is -0.285. The maximum atomic E-state index is 10.5. The third-order valence-corrected chi connectivity index (χ3v) is 2.57. The van der Waals surface area contributed by atoms with Crippen LogP contribution < -0.4 is 22.1 Å². The fourth-order valence-corrected chi connectivity index (χ4v) is 1.61. The summed E-state index contributed by atoms with van der Waals surface area (Å²) in [7, 11) is 3.46. The van der Waals surface area contributed by atoms with Gasteiger partial charge in [-0.3, -0.25) is 9.59 Å². The van der Waals surface area contributed by atoms with Gasteiger partial charge >= 0.3 is 0 Å². The maximum Gasteiger partial charge on any atom is 0.234 e. The summed E-state index contributed by atoms with van der Waals surface area (Å²) in [4.78, 5) is 21.1. The van der Waals surface area contributed by atoms with Crippen molar-refractivity contribution in [2.45, 2.75) is 53.6 Å². The molecule has 0 heterocycles. The van der Waals surface area contributed by atoms with E-state index in [-0.39, 0.29) is 35.7 Å². The van der Waals surface area contributed by atoms with Crippen LogP contribution in [0.15, 0.2) is 0 Å². The normalized spacial score (nSPS) is 12.7. The minimum Gasteiger partial charge on any atom is -0.368 e. The number of carbonyl (C=O) groups is 2. The Morgan fingerprint density at radius 1 is 0.750 bits per heavy atom. The molecule has 122 valence electrons. The van der Waals surface area contributed by atoms with Gasteiger partial charge in [0.2, 0.25) is 11.8 Å². The molecular weight excluding hydrogens is 256 g/mol. The molecule has 0 aromatic rings. The second-order valence-electron chi connectivity index (χ2n) is 4.83. The summed E-state index contributed by atoms with van der Waals surface area (Å²) in [6.07, 6.45) is 0. The molecule has 0 aliphatic carbocycles. The Bertz CT molecular complexity index is 230. The molecule has 0 aliphatic rings. The Morgan fingerprint density at radius 3 is 0.950 bits per heavy atom. The maximum absolute atomic E-state index is 10.5. The monoisotopic (exact) mass is 290 g/mol. The Hall–Kier alpha value is -1.14. The van der Waals surface area contributed by atoms with E-state index in [1.807, 2.05) is 41.5 Å². The molecule has 2 amide bonds. The van der Waals surface area contributed by atoms with Crippen LogP contribution in [0.5, 0.6) is 0 Å². The molecule has 20 heavy (non-hydrogen) atoms. The average molecular weight is 290 g/mol. The van der Waals surface area contributed by atoms with Crippen molar-refractivity contribution < 1.29 is 9.59 Å². The van der Waals surface area contributed by atoms with Crippen molar-refractivity contribution in [3.63, 3.8) is 0 Å². The third-order valence-electron chi connectivity index (χ3n) is 2.57. The fourth-order valence-electron chi connectivity index (χ4n) is 1.61. The van der Waals surface area contributed by atoms with Crippen LogP contribution in [0.4, 0.5) is 0 Å². The number of hydrogen-bond acceptors (Lipinski definition) is 4. The largest absolute Gasteiger partial charge is 0.368 e. The zero-order chi connectivity index (χ0) is 16.9. The first-order valence-corrected chi connectivity index (χ1v) is 7.12. The van der Waals surface area contributed by atoms with Gasteiger partial charge in [-0.25, -0.2) is 0 Å². The Kier molecular flexibility index (Phi) is 17.1. The van der Waals surface area contributed by atoms with E-state index in [1.165, 1.54) is 0 Å². The predicted molar refractivity (Wildman–Crippen MR) is 85.1 cm³/mol. The van der Waals surface area contributed by atoms with Gasteiger partial charge in [0.15, 0.2) is 0 Å². The lowest BCUT2D eigenvalue weighted by Crippen LogP contribution is -2.42. The number of nitrogens with two attached hydrogens (primary N) is 2. The number of amides is 2. The highest BCUT2D eigenvalue weighted by Crippen LogP contribution is 1.98. The molecule has 0 aliphatic heterocycles. The molecule has 0 aromatic carbocycles. The van der Waals surface area contributed by atoms with Gasteiger partial charge in [-0.2, -0.15) is 0 Å². The van der Waals surface area contributed by atoms with Crippen molar-refractivity contribution in [3.05, 3.63) is 0 Å². The third kappa shape index (κ3) is 11.9. The van der Waals surface area contributed by atoms with Crippen molar-refractivity contribution in [3.8, 4) is 0 Å². The van der Waals surface area contributed by atoms with Gasteiger partial charge in [0.1, 0.15) is 0 Å². The lowest BCUT2D eigenvalue weighted by molar-refractivity contribution is -0.121. The van der Waals surface area contributed by atoms with E-state index in [2.05, 4.69) is 10.6 Å². The van der Waals surface area contributed by atoms with Crippen LogP contribution in [0.25, 0.3) is 0 Å². The molecule has 6 nitrogen and oxygen atoms in total. The highest BCUT2D eigenvalue weighted by Gasteiger charge is 2.16. The smallest absolute Gasteiger partial charge is 0.234 e.